The van der Waals surface area contributed by atoms with Crippen molar-refractivity contribution >= 4 is 21.4 Å². The van der Waals surface area contributed by atoms with Crippen LogP contribution in [-0.2, 0) is 38.4 Å². The maximum atomic E-state index is 13.6. The van der Waals surface area contributed by atoms with Crippen LogP contribution >= 0.6 is 0 Å². The summed E-state index contributed by atoms with van der Waals surface area (Å²) in [6.07, 6.45) is -3.03. The summed E-state index contributed by atoms with van der Waals surface area (Å²) < 4.78 is 86.4. The van der Waals surface area contributed by atoms with Gasteiger partial charge in [0.05, 0.1) is 29.2 Å². The zero-order chi connectivity index (χ0) is 29.2. The van der Waals surface area contributed by atoms with Gasteiger partial charge in [0.25, 0.3) is 0 Å². The third kappa shape index (κ3) is 9.63. The Kier molecular flexibility index (Phi) is 11.1. The number of amides is 1. The van der Waals surface area contributed by atoms with Gasteiger partial charge in [0.2, 0.25) is 5.91 Å². The summed E-state index contributed by atoms with van der Waals surface area (Å²) in [4.78, 5) is 12.6. The first-order valence-corrected chi connectivity index (χ1v) is 14.4. The highest BCUT2D eigenvalue weighted by Gasteiger charge is 2.33. The minimum absolute atomic E-state index is 0.0154. The first-order valence-electron chi connectivity index (χ1n) is 12.8. The lowest BCUT2D eigenvalue weighted by molar-refractivity contribution is -0.140. The molecule has 3 aromatic carbocycles. The molecule has 40 heavy (non-hydrogen) atoms. The summed E-state index contributed by atoms with van der Waals surface area (Å²) >= 11 is 0. The van der Waals surface area contributed by atoms with E-state index in [1.54, 1.807) is 43.3 Å². The lowest BCUT2D eigenvalue weighted by Crippen LogP contribution is -2.14. The molecule has 0 aliphatic carbocycles. The number of hydrogen-bond donors (Lipinski definition) is 1. The normalized spacial score (nSPS) is 11.8. The third-order valence-electron chi connectivity index (χ3n) is 5.96. The molecular formula is C29H31F4NO5S. The van der Waals surface area contributed by atoms with Crippen molar-refractivity contribution in [1.29, 1.82) is 0 Å². The Morgan fingerprint density at radius 1 is 0.875 bits per heavy atom. The molecule has 216 valence electrons. The molecule has 0 atom stereocenters. The van der Waals surface area contributed by atoms with E-state index < -0.39 is 27.4 Å². The largest absolute Gasteiger partial charge is 0.494 e. The van der Waals surface area contributed by atoms with Crippen molar-refractivity contribution in [2.45, 2.75) is 43.7 Å². The maximum absolute atomic E-state index is 13.6. The number of alkyl halides is 3. The highest BCUT2D eigenvalue weighted by Crippen LogP contribution is 2.31. The lowest BCUT2D eigenvalue weighted by Gasteiger charge is -2.10. The minimum atomic E-state index is -4.70. The number of hydrogen-bond acceptors (Lipinski definition) is 5. The molecule has 0 fully saturated rings. The van der Waals surface area contributed by atoms with Crippen LogP contribution in [0.25, 0.3) is 0 Å². The van der Waals surface area contributed by atoms with Crippen LogP contribution < -0.4 is 10.1 Å². The Morgan fingerprint density at radius 2 is 1.52 bits per heavy atom. The molecule has 1 amide bonds. The molecule has 0 radical (unpaired) electrons. The highest BCUT2D eigenvalue weighted by molar-refractivity contribution is 7.91. The van der Waals surface area contributed by atoms with Gasteiger partial charge in [-0.3, -0.25) is 4.79 Å². The average molecular weight is 582 g/mol. The molecule has 0 aliphatic heterocycles. The van der Waals surface area contributed by atoms with Crippen LogP contribution in [-0.4, -0.2) is 39.9 Å². The van der Waals surface area contributed by atoms with Crippen molar-refractivity contribution in [3.63, 3.8) is 0 Å². The molecule has 0 bridgehead atoms. The molecule has 0 saturated carbocycles. The van der Waals surface area contributed by atoms with Crippen molar-refractivity contribution in [3.8, 4) is 5.75 Å². The second-order valence-corrected chi connectivity index (χ2v) is 11.3. The number of rotatable bonds is 14. The van der Waals surface area contributed by atoms with E-state index in [0.29, 0.717) is 61.6 Å². The standard InChI is InChI=1S/C29H31F4NO5S/c1-2-40(36,37)25-13-6-22(7-14-25)20-28(35)34-23-9-11-24(12-10-23)39-18-4-17-38-16-3-5-21-8-15-26(27(30)19-21)29(31,32)33/h6-15,19H,2-5,16-18,20H2,1H3,(H,34,35). The van der Waals surface area contributed by atoms with Crippen LogP contribution in [0.15, 0.2) is 71.6 Å². The summed E-state index contributed by atoms with van der Waals surface area (Å²) in [5.74, 6) is -0.871. The summed E-state index contributed by atoms with van der Waals surface area (Å²) in [5.41, 5.74) is 0.510. The van der Waals surface area contributed by atoms with Crippen LogP contribution in [0.2, 0.25) is 0 Å². The number of nitrogens with one attached hydrogen (secondary N) is 1. The Balaban J connectivity index is 1.29. The smallest absolute Gasteiger partial charge is 0.419 e. The number of ether oxygens (including phenoxy) is 2. The SMILES string of the molecule is CCS(=O)(=O)c1ccc(CC(=O)Nc2ccc(OCCCOCCCc3ccc(C(F)(F)F)c(F)c3)cc2)cc1. The van der Waals surface area contributed by atoms with Crippen molar-refractivity contribution in [2.24, 2.45) is 0 Å². The molecule has 0 aromatic heterocycles. The molecule has 6 nitrogen and oxygen atoms in total. The van der Waals surface area contributed by atoms with Gasteiger partial charge in [0.1, 0.15) is 11.6 Å². The van der Waals surface area contributed by atoms with Crippen molar-refractivity contribution < 1.29 is 40.2 Å². The number of anilines is 1. The predicted molar refractivity (Wildman–Crippen MR) is 144 cm³/mol. The molecule has 11 heteroatoms. The minimum Gasteiger partial charge on any atom is -0.494 e. The van der Waals surface area contributed by atoms with Gasteiger partial charge >= 0.3 is 6.18 Å². The van der Waals surface area contributed by atoms with E-state index in [-0.39, 0.29) is 23.0 Å². The Labute approximate surface area is 231 Å². The van der Waals surface area contributed by atoms with Crippen molar-refractivity contribution in [1.82, 2.24) is 0 Å². The van der Waals surface area contributed by atoms with Gasteiger partial charge in [-0.25, -0.2) is 12.8 Å². The predicted octanol–water partition coefficient (Wildman–Crippen LogP) is 6.24. The van der Waals surface area contributed by atoms with E-state index in [1.165, 1.54) is 18.2 Å². The molecule has 0 saturated heterocycles. The second-order valence-electron chi connectivity index (χ2n) is 9.03. The van der Waals surface area contributed by atoms with E-state index in [4.69, 9.17) is 9.47 Å². The van der Waals surface area contributed by atoms with E-state index in [0.717, 1.165) is 12.1 Å². The number of carbonyl (C=O) groups is 1. The molecule has 3 rings (SSSR count). The topological polar surface area (TPSA) is 81.7 Å². The van der Waals surface area contributed by atoms with Gasteiger partial charge in [-0.1, -0.05) is 25.1 Å². The molecule has 0 unspecified atom stereocenters. The molecular weight excluding hydrogens is 550 g/mol. The van der Waals surface area contributed by atoms with E-state index in [9.17, 15) is 30.8 Å². The van der Waals surface area contributed by atoms with Crippen LogP contribution in [0, 0.1) is 5.82 Å². The average Bonchev–Trinajstić information content (AvgIpc) is 2.90. The molecule has 0 spiro atoms. The fraction of sp³-hybridized carbons (Fsp3) is 0.345. The third-order valence-corrected chi connectivity index (χ3v) is 7.71. The van der Waals surface area contributed by atoms with Gasteiger partial charge < -0.3 is 14.8 Å². The summed E-state index contributed by atoms with van der Waals surface area (Å²) in [5, 5.41) is 2.79. The van der Waals surface area contributed by atoms with Crippen LogP contribution in [0.3, 0.4) is 0 Å². The number of sulfone groups is 1. The van der Waals surface area contributed by atoms with Crippen LogP contribution in [0.5, 0.6) is 5.75 Å². The van der Waals surface area contributed by atoms with Crippen molar-refractivity contribution in [2.75, 3.05) is 30.9 Å². The summed E-state index contributed by atoms with van der Waals surface area (Å²) in [6.45, 7) is 2.80. The first kappa shape index (κ1) is 31.1. The molecule has 1 N–H and O–H groups in total. The quantitative estimate of drug-likeness (QED) is 0.180. The summed E-state index contributed by atoms with van der Waals surface area (Å²) in [6, 6.07) is 16.1. The zero-order valence-corrected chi connectivity index (χ0v) is 22.8. The zero-order valence-electron chi connectivity index (χ0n) is 22.0. The highest BCUT2D eigenvalue weighted by atomic mass is 32.2. The van der Waals surface area contributed by atoms with Gasteiger partial charge in [0, 0.05) is 25.3 Å². The molecule has 3 aromatic rings. The fourth-order valence-corrected chi connectivity index (χ4v) is 4.67. The second kappa shape index (κ2) is 14.3. The lowest BCUT2D eigenvalue weighted by atomic mass is 10.1. The van der Waals surface area contributed by atoms with E-state index >= 15 is 0 Å². The number of carbonyl (C=O) groups excluding carboxylic acids is 1. The van der Waals surface area contributed by atoms with Gasteiger partial charge in [-0.2, -0.15) is 13.2 Å². The summed E-state index contributed by atoms with van der Waals surface area (Å²) in [7, 11) is -3.28. The maximum Gasteiger partial charge on any atom is 0.419 e. The van der Waals surface area contributed by atoms with Crippen LogP contribution in [0.4, 0.5) is 23.2 Å². The van der Waals surface area contributed by atoms with Gasteiger partial charge in [0.15, 0.2) is 9.84 Å². The van der Waals surface area contributed by atoms with Crippen LogP contribution in [0.1, 0.15) is 36.5 Å². The molecule has 0 aliphatic rings. The number of benzene rings is 3. The number of halogens is 4. The Morgan fingerprint density at radius 3 is 2.15 bits per heavy atom. The molecule has 0 heterocycles. The van der Waals surface area contributed by atoms with E-state index in [1.807, 2.05) is 0 Å². The Bertz CT molecular complexity index is 1360. The van der Waals surface area contributed by atoms with Crippen molar-refractivity contribution in [3.05, 3.63) is 89.2 Å². The first-order chi connectivity index (χ1) is 19.0. The monoisotopic (exact) mass is 581 g/mol. The van der Waals surface area contributed by atoms with E-state index in [2.05, 4.69) is 5.32 Å². The number of aryl methyl sites for hydroxylation is 1. The van der Waals surface area contributed by atoms with Gasteiger partial charge in [-0.15, -0.1) is 0 Å². The Hall–Kier alpha value is -3.44. The fourth-order valence-electron chi connectivity index (χ4n) is 3.78. The van der Waals surface area contributed by atoms with Gasteiger partial charge in [-0.05, 0) is 72.5 Å².